The van der Waals surface area contributed by atoms with Crippen molar-refractivity contribution in [2.45, 2.75) is 65.3 Å². The van der Waals surface area contributed by atoms with Gasteiger partial charge in [-0.05, 0) is 49.4 Å². The first kappa shape index (κ1) is 16.0. The first-order valence-electron chi connectivity index (χ1n) is 9.49. The van der Waals surface area contributed by atoms with E-state index in [9.17, 15) is 0 Å². The Kier molecular flexibility index (Phi) is 3.66. The lowest BCUT2D eigenvalue weighted by atomic mass is 9.65. The molecule has 1 aromatic heterocycles. The van der Waals surface area contributed by atoms with Crippen LogP contribution in [-0.4, -0.2) is 35.6 Å². The predicted octanol–water partition coefficient (Wildman–Crippen LogP) is 3.45. The van der Waals surface area contributed by atoms with Gasteiger partial charge in [0.1, 0.15) is 12.0 Å². The largest absolute Gasteiger partial charge is 0.393 e. The van der Waals surface area contributed by atoms with E-state index in [-0.39, 0.29) is 0 Å². The lowest BCUT2D eigenvalue weighted by molar-refractivity contribution is 0.136. The molecule has 3 heterocycles. The molecule has 2 saturated heterocycles. The number of nitrogens with two attached hydrogens (primary N) is 1. The van der Waals surface area contributed by atoms with Gasteiger partial charge in [-0.25, -0.2) is 9.97 Å². The van der Waals surface area contributed by atoms with Gasteiger partial charge in [0.15, 0.2) is 11.6 Å². The standard InChI is InChI=1S/C19H31N5/c1-18(2)9-14-10-19(3,11-18)12-24(14)17-15(20)16(21-13-22-17)23-7-5-4-6-8-23/h13-14H,4-12,20H2,1-3H3. The van der Waals surface area contributed by atoms with Crippen LogP contribution in [0.3, 0.4) is 0 Å². The van der Waals surface area contributed by atoms with Crippen LogP contribution in [0.2, 0.25) is 0 Å². The molecule has 3 aliphatic rings. The van der Waals surface area contributed by atoms with Crippen LogP contribution >= 0.6 is 0 Å². The van der Waals surface area contributed by atoms with Gasteiger partial charge < -0.3 is 15.5 Å². The van der Waals surface area contributed by atoms with Crippen molar-refractivity contribution in [3.63, 3.8) is 0 Å². The molecule has 2 atom stereocenters. The molecule has 0 amide bonds. The Balaban J connectivity index is 1.65. The third kappa shape index (κ3) is 2.72. The normalized spacial score (nSPS) is 32.2. The molecule has 1 aromatic rings. The van der Waals surface area contributed by atoms with Gasteiger partial charge in [-0.1, -0.05) is 20.8 Å². The second-order valence-electron chi connectivity index (χ2n) is 9.32. The number of hydrogen-bond acceptors (Lipinski definition) is 5. The molecule has 0 radical (unpaired) electrons. The highest BCUT2D eigenvalue weighted by Gasteiger charge is 2.50. The van der Waals surface area contributed by atoms with Crippen molar-refractivity contribution < 1.29 is 0 Å². The van der Waals surface area contributed by atoms with Crippen molar-refractivity contribution in [1.82, 2.24) is 9.97 Å². The Bertz CT molecular complexity index is 622. The molecule has 2 N–H and O–H groups in total. The molecule has 5 nitrogen and oxygen atoms in total. The van der Waals surface area contributed by atoms with Gasteiger partial charge in [0.05, 0.1) is 0 Å². The Hall–Kier alpha value is -1.52. The predicted molar refractivity (Wildman–Crippen MR) is 99.4 cm³/mol. The number of nitrogen functional groups attached to an aromatic ring is 1. The van der Waals surface area contributed by atoms with Crippen molar-refractivity contribution in [3.8, 4) is 0 Å². The summed E-state index contributed by atoms with van der Waals surface area (Å²) in [5.74, 6) is 1.92. The van der Waals surface area contributed by atoms with Gasteiger partial charge in [-0.2, -0.15) is 0 Å². The zero-order valence-electron chi connectivity index (χ0n) is 15.4. The van der Waals surface area contributed by atoms with Crippen molar-refractivity contribution in [1.29, 1.82) is 0 Å². The molecule has 2 aliphatic heterocycles. The van der Waals surface area contributed by atoms with Gasteiger partial charge in [-0.3, -0.25) is 0 Å². The van der Waals surface area contributed by atoms with Crippen LogP contribution in [0.4, 0.5) is 17.3 Å². The van der Waals surface area contributed by atoms with E-state index in [4.69, 9.17) is 5.73 Å². The van der Waals surface area contributed by atoms with Crippen LogP contribution in [0.15, 0.2) is 6.33 Å². The number of aromatic nitrogens is 2. The first-order chi connectivity index (χ1) is 11.4. The molecular formula is C19H31N5. The maximum Gasteiger partial charge on any atom is 0.157 e. The fourth-order valence-electron chi connectivity index (χ4n) is 5.67. The summed E-state index contributed by atoms with van der Waals surface area (Å²) in [7, 11) is 0. The Morgan fingerprint density at radius 1 is 1.04 bits per heavy atom. The van der Waals surface area contributed by atoms with Gasteiger partial charge in [0, 0.05) is 25.7 Å². The monoisotopic (exact) mass is 329 g/mol. The summed E-state index contributed by atoms with van der Waals surface area (Å²) in [6.45, 7) is 10.4. The quantitative estimate of drug-likeness (QED) is 0.900. The molecule has 2 bridgehead atoms. The minimum atomic E-state index is 0.384. The maximum atomic E-state index is 6.58. The van der Waals surface area contributed by atoms with E-state index in [0.29, 0.717) is 16.9 Å². The van der Waals surface area contributed by atoms with E-state index in [2.05, 4.69) is 40.5 Å². The summed E-state index contributed by atoms with van der Waals surface area (Å²) in [6, 6.07) is 0.560. The fourth-order valence-corrected chi connectivity index (χ4v) is 5.67. The molecule has 24 heavy (non-hydrogen) atoms. The second-order valence-corrected chi connectivity index (χ2v) is 9.32. The third-order valence-corrected chi connectivity index (χ3v) is 6.18. The molecule has 0 spiro atoms. The zero-order valence-corrected chi connectivity index (χ0v) is 15.4. The highest BCUT2D eigenvalue weighted by molar-refractivity contribution is 5.76. The lowest BCUT2D eigenvalue weighted by Crippen LogP contribution is -2.36. The molecular weight excluding hydrogens is 298 g/mol. The number of fused-ring (bicyclic) bond motifs is 2. The van der Waals surface area contributed by atoms with Gasteiger partial charge in [0.2, 0.25) is 0 Å². The zero-order chi connectivity index (χ0) is 16.9. The van der Waals surface area contributed by atoms with Crippen LogP contribution in [0.25, 0.3) is 0 Å². The van der Waals surface area contributed by atoms with E-state index >= 15 is 0 Å². The fraction of sp³-hybridized carbons (Fsp3) is 0.789. The Morgan fingerprint density at radius 2 is 1.75 bits per heavy atom. The highest BCUT2D eigenvalue weighted by Crippen LogP contribution is 2.54. The molecule has 0 aromatic carbocycles. The summed E-state index contributed by atoms with van der Waals surface area (Å²) in [6.07, 6.45) is 9.27. The summed E-state index contributed by atoms with van der Waals surface area (Å²) in [5.41, 5.74) is 8.16. The molecule has 1 saturated carbocycles. The van der Waals surface area contributed by atoms with Crippen LogP contribution in [0, 0.1) is 10.8 Å². The summed E-state index contributed by atoms with van der Waals surface area (Å²) in [4.78, 5) is 14.0. The van der Waals surface area contributed by atoms with Crippen LogP contribution < -0.4 is 15.5 Å². The molecule has 5 heteroatoms. The number of anilines is 3. The minimum absolute atomic E-state index is 0.384. The molecule has 2 unspecified atom stereocenters. The molecule has 132 valence electrons. The lowest BCUT2D eigenvalue weighted by Gasteiger charge is -2.39. The molecule has 4 rings (SSSR count). The topological polar surface area (TPSA) is 58.3 Å². The number of rotatable bonds is 2. The molecule has 3 fully saturated rings. The number of nitrogens with zero attached hydrogens (tertiary/aromatic N) is 4. The van der Waals surface area contributed by atoms with E-state index in [1.165, 1.54) is 38.5 Å². The van der Waals surface area contributed by atoms with E-state index in [1.54, 1.807) is 6.33 Å². The Morgan fingerprint density at radius 3 is 2.50 bits per heavy atom. The van der Waals surface area contributed by atoms with Gasteiger partial charge in [0.25, 0.3) is 0 Å². The van der Waals surface area contributed by atoms with Gasteiger partial charge >= 0.3 is 0 Å². The van der Waals surface area contributed by atoms with Crippen LogP contribution in [0.1, 0.15) is 59.3 Å². The maximum absolute atomic E-state index is 6.58. The van der Waals surface area contributed by atoms with Gasteiger partial charge in [-0.15, -0.1) is 0 Å². The summed E-state index contributed by atoms with van der Waals surface area (Å²) < 4.78 is 0. The smallest absolute Gasteiger partial charge is 0.157 e. The summed E-state index contributed by atoms with van der Waals surface area (Å²) >= 11 is 0. The average molecular weight is 329 g/mol. The first-order valence-corrected chi connectivity index (χ1v) is 9.49. The van der Waals surface area contributed by atoms with Crippen molar-refractivity contribution in [3.05, 3.63) is 6.33 Å². The molecule has 1 aliphatic carbocycles. The van der Waals surface area contributed by atoms with Crippen molar-refractivity contribution in [2.24, 2.45) is 10.8 Å². The van der Waals surface area contributed by atoms with Crippen LogP contribution in [-0.2, 0) is 0 Å². The second kappa shape index (κ2) is 5.50. The van der Waals surface area contributed by atoms with E-state index in [0.717, 1.165) is 37.0 Å². The third-order valence-electron chi connectivity index (χ3n) is 6.18. The number of hydrogen-bond donors (Lipinski definition) is 1. The van der Waals surface area contributed by atoms with Crippen LogP contribution in [0.5, 0.6) is 0 Å². The Labute approximate surface area is 145 Å². The SMILES string of the molecule is CC1(C)CC2CC(C)(CN2c2ncnc(N3CCCCC3)c2N)C1. The average Bonchev–Trinajstić information content (AvgIpc) is 2.77. The summed E-state index contributed by atoms with van der Waals surface area (Å²) in [5, 5.41) is 0. The number of piperidine rings is 1. The minimum Gasteiger partial charge on any atom is -0.393 e. The van der Waals surface area contributed by atoms with Crippen molar-refractivity contribution in [2.75, 3.05) is 35.2 Å². The van der Waals surface area contributed by atoms with E-state index in [1.807, 2.05) is 0 Å². The van der Waals surface area contributed by atoms with Crippen molar-refractivity contribution >= 4 is 17.3 Å². The highest BCUT2D eigenvalue weighted by atomic mass is 15.3. The van der Waals surface area contributed by atoms with E-state index < -0.39 is 0 Å².